The summed E-state index contributed by atoms with van der Waals surface area (Å²) in [5.74, 6) is 0.455. The van der Waals surface area contributed by atoms with E-state index < -0.39 is 0 Å². The summed E-state index contributed by atoms with van der Waals surface area (Å²) in [7, 11) is 0. The minimum atomic E-state index is 0.455. The van der Waals surface area contributed by atoms with E-state index in [1.165, 1.54) is 0 Å². The smallest absolute Gasteiger partial charge is 0.129 e. The molecule has 0 amide bonds. The standard InChI is InChI=1S/C12H26N2O/c1-10(2)9-13-15-8-7-14(11(3)4)12(5)6/h9-12H,7-8H2,1-6H3/b13-9+. The highest BCUT2D eigenvalue weighted by Gasteiger charge is 2.12. The van der Waals surface area contributed by atoms with Gasteiger partial charge in [0.15, 0.2) is 0 Å². The van der Waals surface area contributed by atoms with E-state index in [4.69, 9.17) is 4.84 Å². The van der Waals surface area contributed by atoms with Crippen molar-refractivity contribution in [3.63, 3.8) is 0 Å². The average Bonchev–Trinajstić information content (AvgIpc) is 2.08. The molecule has 90 valence electrons. The second-order valence-corrected chi connectivity index (χ2v) is 4.76. The van der Waals surface area contributed by atoms with Gasteiger partial charge < -0.3 is 4.84 Å². The minimum Gasteiger partial charge on any atom is -0.395 e. The van der Waals surface area contributed by atoms with Crippen LogP contribution in [0.25, 0.3) is 0 Å². The van der Waals surface area contributed by atoms with Gasteiger partial charge in [-0.25, -0.2) is 0 Å². The van der Waals surface area contributed by atoms with Crippen molar-refractivity contribution in [3.05, 3.63) is 0 Å². The summed E-state index contributed by atoms with van der Waals surface area (Å²) in [5.41, 5.74) is 0. The zero-order valence-corrected chi connectivity index (χ0v) is 11.0. The van der Waals surface area contributed by atoms with Crippen LogP contribution in [0.3, 0.4) is 0 Å². The first-order valence-corrected chi connectivity index (χ1v) is 5.86. The second kappa shape index (κ2) is 7.69. The monoisotopic (exact) mass is 214 g/mol. The summed E-state index contributed by atoms with van der Waals surface area (Å²) in [6.45, 7) is 14.6. The van der Waals surface area contributed by atoms with Crippen LogP contribution < -0.4 is 0 Å². The lowest BCUT2D eigenvalue weighted by molar-refractivity contribution is 0.0830. The summed E-state index contributed by atoms with van der Waals surface area (Å²) in [6.07, 6.45) is 1.83. The van der Waals surface area contributed by atoms with Crippen LogP contribution in [0.2, 0.25) is 0 Å². The van der Waals surface area contributed by atoms with Crippen LogP contribution in [0.5, 0.6) is 0 Å². The van der Waals surface area contributed by atoms with E-state index in [1.54, 1.807) is 0 Å². The predicted molar refractivity (Wildman–Crippen MR) is 66.3 cm³/mol. The molecular weight excluding hydrogens is 188 g/mol. The lowest BCUT2D eigenvalue weighted by atomic mass is 10.2. The quantitative estimate of drug-likeness (QED) is 0.370. The molecule has 0 aromatic heterocycles. The van der Waals surface area contributed by atoms with Crippen molar-refractivity contribution in [2.24, 2.45) is 11.1 Å². The molecule has 0 saturated carbocycles. The van der Waals surface area contributed by atoms with E-state index in [-0.39, 0.29) is 0 Å². The summed E-state index contributed by atoms with van der Waals surface area (Å²) < 4.78 is 0. The van der Waals surface area contributed by atoms with Gasteiger partial charge in [0.2, 0.25) is 0 Å². The molecule has 0 aliphatic rings. The molecule has 0 saturated heterocycles. The van der Waals surface area contributed by atoms with E-state index in [2.05, 4.69) is 51.6 Å². The Bertz CT molecular complexity index is 168. The summed E-state index contributed by atoms with van der Waals surface area (Å²) in [5, 5.41) is 3.91. The van der Waals surface area contributed by atoms with E-state index in [0.29, 0.717) is 24.6 Å². The highest BCUT2D eigenvalue weighted by molar-refractivity contribution is 5.58. The lowest BCUT2D eigenvalue weighted by Gasteiger charge is -2.29. The number of nitrogens with zero attached hydrogens (tertiary/aromatic N) is 2. The van der Waals surface area contributed by atoms with Gasteiger partial charge >= 0.3 is 0 Å². The molecule has 0 aliphatic carbocycles. The van der Waals surface area contributed by atoms with Gasteiger partial charge in [-0.2, -0.15) is 0 Å². The Morgan fingerprint density at radius 1 is 1.07 bits per heavy atom. The Morgan fingerprint density at radius 3 is 2.00 bits per heavy atom. The van der Waals surface area contributed by atoms with Crippen LogP contribution in [0.15, 0.2) is 5.16 Å². The van der Waals surface area contributed by atoms with Crippen molar-refractivity contribution < 1.29 is 4.84 Å². The van der Waals surface area contributed by atoms with Gasteiger partial charge in [-0.15, -0.1) is 0 Å². The minimum absolute atomic E-state index is 0.455. The fraction of sp³-hybridized carbons (Fsp3) is 0.917. The Kier molecular flexibility index (Phi) is 7.39. The molecule has 0 aromatic carbocycles. The molecule has 0 aliphatic heterocycles. The molecule has 0 spiro atoms. The first-order chi connectivity index (χ1) is 6.95. The van der Waals surface area contributed by atoms with Crippen LogP contribution >= 0.6 is 0 Å². The van der Waals surface area contributed by atoms with E-state index in [9.17, 15) is 0 Å². The largest absolute Gasteiger partial charge is 0.395 e. The van der Waals surface area contributed by atoms with Gasteiger partial charge in [-0.05, 0) is 33.6 Å². The molecule has 3 heteroatoms. The second-order valence-electron chi connectivity index (χ2n) is 4.76. The van der Waals surface area contributed by atoms with Crippen molar-refractivity contribution >= 4 is 6.21 Å². The predicted octanol–water partition coefficient (Wildman–Crippen LogP) is 2.76. The molecule has 0 bridgehead atoms. The van der Waals surface area contributed by atoms with E-state index >= 15 is 0 Å². The Morgan fingerprint density at radius 2 is 1.60 bits per heavy atom. The average molecular weight is 214 g/mol. The summed E-state index contributed by atoms with van der Waals surface area (Å²) >= 11 is 0. The topological polar surface area (TPSA) is 24.8 Å². The Labute approximate surface area is 94.5 Å². The van der Waals surface area contributed by atoms with Gasteiger partial charge in [0.1, 0.15) is 6.61 Å². The maximum Gasteiger partial charge on any atom is 0.129 e. The van der Waals surface area contributed by atoms with Crippen LogP contribution in [0.4, 0.5) is 0 Å². The molecule has 0 rings (SSSR count). The van der Waals surface area contributed by atoms with Crippen molar-refractivity contribution in [1.29, 1.82) is 0 Å². The van der Waals surface area contributed by atoms with E-state index in [1.807, 2.05) is 6.21 Å². The first-order valence-electron chi connectivity index (χ1n) is 5.86. The lowest BCUT2D eigenvalue weighted by Crippen LogP contribution is -2.39. The van der Waals surface area contributed by atoms with E-state index in [0.717, 1.165) is 6.54 Å². The third-order valence-electron chi connectivity index (χ3n) is 2.20. The third kappa shape index (κ3) is 7.37. The maximum atomic E-state index is 5.20. The zero-order valence-electron chi connectivity index (χ0n) is 11.0. The highest BCUT2D eigenvalue weighted by Crippen LogP contribution is 2.03. The maximum absolute atomic E-state index is 5.20. The third-order valence-corrected chi connectivity index (χ3v) is 2.20. The van der Waals surface area contributed by atoms with Gasteiger partial charge in [-0.3, -0.25) is 4.90 Å². The van der Waals surface area contributed by atoms with Gasteiger partial charge in [0.05, 0.1) is 0 Å². The van der Waals surface area contributed by atoms with Crippen LogP contribution in [0.1, 0.15) is 41.5 Å². The molecule has 0 atom stereocenters. The molecule has 15 heavy (non-hydrogen) atoms. The first kappa shape index (κ1) is 14.4. The number of rotatable bonds is 7. The summed E-state index contributed by atoms with van der Waals surface area (Å²) in [6, 6.07) is 1.12. The van der Waals surface area contributed by atoms with Crippen LogP contribution in [-0.2, 0) is 4.84 Å². The molecule has 0 aromatic rings. The Hall–Kier alpha value is -0.570. The molecule has 0 fully saturated rings. The normalized spacial score (nSPS) is 12.7. The van der Waals surface area contributed by atoms with Gasteiger partial charge in [0.25, 0.3) is 0 Å². The zero-order chi connectivity index (χ0) is 11.8. The molecular formula is C12H26N2O. The molecule has 0 radical (unpaired) electrons. The molecule has 0 unspecified atom stereocenters. The fourth-order valence-electron chi connectivity index (χ4n) is 1.48. The fourth-order valence-corrected chi connectivity index (χ4v) is 1.48. The molecule has 0 N–H and O–H groups in total. The molecule has 3 nitrogen and oxygen atoms in total. The van der Waals surface area contributed by atoms with Crippen molar-refractivity contribution in [2.75, 3.05) is 13.2 Å². The van der Waals surface area contributed by atoms with Gasteiger partial charge in [0, 0.05) is 24.8 Å². The van der Waals surface area contributed by atoms with Crippen LogP contribution in [0, 0.1) is 5.92 Å². The van der Waals surface area contributed by atoms with Crippen LogP contribution in [-0.4, -0.2) is 36.3 Å². The number of hydrogen-bond donors (Lipinski definition) is 0. The highest BCUT2D eigenvalue weighted by atomic mass is 16.6. The Balaban J connectivity index is 3.72. The summed E-state index contributed by atoms with van der Waals surface area (Å²) in [4.78, 5) is 7.60. The number of oxime groups is 1. The van der Waals surface area contributed by atoms with Crippen molar-refractivity contribution in [2.45, 2.75) is 53.6 Å². The van der Waals surface area contributed by atoms with Gasteiger partial charge in [-0.1, -0.05) is 19.0 Å². The molecule has 0 heterocycles. The number of hydrogen-bond acceptors (Lipinski definition) is 3. The van der Waals surface area contributed by atoms with Crippen molar-refractivity contribution in [1.82, 2.24) is 4.90 Å². The SMILES string of the molecule is CC(C)/C=N/OCCN(C(C)C)C(C)C. The van der Waals surface area contributed by atoms with Crippen molar-refractivity contribution in [3.8, 4) is 0 Å².